The van der Waals surface area contributed by atoms with Crippen LogP contribution in [0.3, 0.4) is 0 Å². The zero-order valence-electron chi connectivity index (χ0n) is 7.20. The van der Waals surface area contributed by atoms with Gasteiger partial charge in [0.15, 0.2) is 0 Å². The topological polar surface area (TPSA) is 54.5 Å². The van der Waals surface area contributed by atoms with Crippen molar-refractivity contribution in [2.24, 2.45) is 0 Å². The summed E-state index contributed by atoms with van der Waals surface area (Å²) in [5.74, 6) is 0.468. The Hall–Kier alpha value is 0.310. The summed E-state index contributed by atoms with van der Waals surface area (Å²) in [5, 5.41) is 0. The SMILES string of the molecule is O=C1CCN(CCS(=O)(=O)I)CC1. The van der Waals surface area contributed by atoms with Crippen LogP contribution in [-0.2, 0) is 11.8 Å². The largest absolute Gasteiger partial charge is 0.301 e. The lowest BCUT2D eigenvalue weighted by Crippen LogP contribution is -2.36. The summed E-state index contributed by atoms with van der Waals surface area (Å²) >= 11 is 1.46. The molecule has 0 unspecified atom stereocenters. The summed E-state index contributed by atoms with van der Waals surface area (Å²) in [4.78, 5) is 12.9. The van der Waals surface area contributed by atoms with E-state index in [1.165, 1.54) is 21.2 Å². The quantitative estimate of drug-likeness (QED) is 0.559. The maximum absolute atomic E-state index is 10.9. The Bertz CT molecular complexity index is 278. The lowest BCUT2D eigenvalue weighted by Gasteiger charge is -2.24. The first kappa shape index (κ1) is 11.4. The van der Waals surface area contributed by atoms with Crippen LogP contribution in [0.2, 0.25) is 0 Å². The number of rotatable bonds is 3. The fourth-order valence-corrected chi connectivity index (χ4v) is 2.33. The highest BCUT2D eigenvalue weighted by atomic mass is 127. The molecule has 76 valence electrons. The molecule has 0 aromatic carbocycles. The fraction of sp³-hybridized carbons (Fsp3) is 0.857. The minimum atomic E-state index is -2.89. The van der Waals surface area contributed by atoms with Crippen molar-refractivity contribution in [3.63, 3.8) is 0 Å². The Labute approximate surface area is 90.2 Å². The number of halogens is 1. The van der Waals surface area contributed by atoms with E-state index in [2.05, 4.69) is 0 Å². The van der Waals surface area contributed by atoms with Crippen LogP contribution in [-0.4, -0.2) is 44.5 Å². The van der Waals surface area contributed by atoms with E-state index in [4.69, 9.17) is 0 Å². The minimum absolute atomic E-state index is 0.182. The third-order valence-corrected chi connectivity index (χ3v) is 4.06. The summed E-state index contributed by atoms with van der Waals surface area (Å²) in [7, 11) is -2.89. The van der Waals surface area contributed by atoms with Crippen LogP contribution in [0.4, 0.5) is 0 Å². The van der Waals surface area contributed by atoms with Gasteiger partial charge in [-0.05, 0) is 0 Å². The number of Topliss-reactive ketones (excluding diaryl/α,β-unsaturated/α-hetero) is 1. The molecule has 0 aromatic rings. The monoisotopic (exact) mass is 317 g/mol. The molecule has 1 rings (SSSR count). The predicted molar refractivity (Wildman–Crippen MR) is 58.5 cm³/mol. The van der Waals surface area contributed by atoms with Gasteiger partial charge >= 0.3 is 0 Å². The normalized spacial score (nSPS) is 20.5. The molecule has 1 saturated heterocycles. The first-order valence-electron chi connectivity index (χ1n) is 4.14. The Morgan fingerprint density at radius 3 is 2.31 bits per heavy atom. The highest BCUT2D eigenvalue weighted by molar-refractivity contribution is 14.2. The molecular weight excluding hydrogens is 305 g/mol. The van der Waals surface area contributed by atoms with E-state index in [0.717, 1.165) is 0 Å². The molecule has 0 atom stereocenters. The van der Waals surface area contributed by atoms with Crippen molar-refractivity contribution in [3.05, 3.63) is 0 Å². The summed E-state index contributed by atoms with van der Waals surface area (Å²) < 4.78 is 21.7. The van der Waals surface area contributed by atoms with Gasteiger partial charge in [-0.1, -0.05) is 0 Å². The van der Waals surface area contributed by atoms with Gasteiger partial charge in [-0.2, -0.15) is 0 Å². The van der Waals surface area contributed by atoms with Gasteiger partial charge in [0.05, 0.1) is 27.0 Å². The van der Waals surface area contributed by atoms with Gasteiger partial charge in [0, 0.05) is 32.5 Å². The van der Waals surface area contributed by atoms with Crippen LogP contribution in [0.5, 0.6) is 0 Å². The number of carbonyl (C=O) groups excluding carboxylic acids is 1. The molecule has 0 amide bonds. The second-order valence-electron chi connectivity index (χ2n) is 3.12. The third kappa shape index (κ3) is 4.92. The van der Waals surface area contributed by atoms with Crippen LogP contribution < -0.4 is 0 Å². The molecule has 0 bridgehead atoms. The first-order valence-corrected chi connectivity index (χ1v) is 8.33. The van der Waals surface area contributed by atoms with Crippen LogP contribution >= 0.6 is 21.2 Å². The van der Waals surface area contributed by atoms with Crippen LogP contribution in [0, 0.1) is 0 Å². The van der Waals surface area contributed by atoms with Crippen molar-refractivity contribution >= 4 is 34.0 Å². The second-order valence-corrected chi connectivity index (χ2v) is 8.64. The summed E-state index contributed by atoms with van der Waals surface area (Å²) in [6, 6.07) is 0. The Morgan fingerprint density at radius 1 is 1.31 bits per heavy atom. The molecule has 0 saturated carbocycles. The average Bonchev–Trinajstić information content (AvgIpc) is 2.02. The predicted octanol–water partition coefficient (Wildman–Crippen LogP) is 0.416. The molecule has 0 aliphatic carbocycles. The molecule has 0 radical (unpaired) electrons. The maximum Gasteiger partial charge on any atom is 0.204 e. The number of ketones is 1. The van der Waals surface area contributed by atoms with Crippen LogP contribution in [0.25, 0.3) is 0 Å². The standard InChI is InChI=1S/C7H12INO3S/c8-13(11,12)6-5-9-3-1-7(10)2-4-9/h1-6H2. The van der Waals surface area contributed by atoms with Gasteiger partial charge in [-0.3, -0.25) is 4.79 Å². The molecule has 0 N–H and O–H groups in total. The maximum atomic E-state index is 10.9. The van der Waals surface area contributed by atoms with E-state index >= 15 is 0 Å². The highest BCUT2D eigenvalue weighted by Crippen LogP contribution is 2.07. The van der Waals surface area contributed by atoms with E-state index < -0.39 is 7.01 Å². The number of carbonyl (C=O) groups is 1. The van der Waals surface area contributed by atoms with E-state index in [1.54, 1.807) is 0 Å². The molecule has 1 fully saturated rings. The first-order chi connectivity index (χ1) is 5.97. The van der Waals surface area contributed by atoms with Crippen LogP contribution in [0.1, 0.15) is 12.8 Å². The molecule has 1 aliphatic heterocycles. The van der Waals surface area contributed by atoms with Gasteiger partial charge in [-0.15, -0.1) is 0 Å². The fourth-order valence-electron chi connectivity index (χ4n) is 1.26. The van der Waals surface area contributed by atoms with Crippen LogP contribution in [0.15, 0.2) is 0 Å². The van der Waals surface area contributed by atoms with Crippen molar-refractivity contribution in [2.45, 2.75) is 12.8 Å². The van der Waals surface area contributed by atoms with Crippen molar-refractivity contribution in [1.82, 2.24) is 4.90 Å². The second kappa shape index (κ2) is 4.70. The average molecular weight is 317 g/mol. The number of nitrogens with zero attached hydrogens (tertiary/aromatic N) is 1. The summed E-state index contributed by atoms with van der Waals surface area (Å²) in [6.45, 7) is 1.98. The molecule has 0 aromatic heterocycles. The van der Waals surface area contributed by atoms with Crippen molar-refractivity contribution < 1.29 is 13.2 Å². The van der Waals surface area contributed by atoms with Gasteiger partial charge in [0.25, 0.3) is 0 Å². The molecule has 1 heterocycles. The molecule has 1 aliphatic rings. The third-order valence-electron chi connectivity index (χ3n) is 2.07. The molecule has 13 heavy (non-hydrogen) atoms. The number of hydrogen-bond donors (Lipinski definition) is 0. The van der Waals surface area contributed by atoms with E-state index in [0.29, 0.717) is 32.5 Å². The van der Waals surface area contributed by atoms with Gasteiger partial charge in [0.1, 0.15) is 5.78 Å². The number of likely N-dealkylation sites (tertiary alicyclic amines) is 1. The van der Waals surface area contributed by atoms with Gasteiger partial charge in [-0.25, -0.2) is 8.42 Å². The Kier molecular flexibility index (Phi) is 4.11. The van der Waals surface area contributed by atoms with Gasteiger partial charge < -0.3 is 4.90 Å². The van der Waals surface area contributed by atoms with Crippen molar-refractivity contribution in [2.75, 3.05) is 25.4 Å². The van der Waals surface area contributed by atoms with Gasteiger partial charge in [0.2, 0.25) is 7.01 Å². The number of hydrogen-bond acceptors (Lipinski definition) is 4. The van der Waals surface area contributed by atoms with E-state index in [9.17, 15) is 13.2 Å². The zero-order chi connectivity index (χ0) is 9.90. The smallest absolute Gasteiger partial charge is 0.204 e. The minimum Gasteiger partial charge on any atom is -0.301 e. The summed E-state index contributed by atoms with van der Waals surface area (Å²) in [6.07, 6.45) is 1.14. The van der Waals surface area contributed by atoms with Crippen molar-refractivity contribution in [1.29, 1.82) is 0 Å². The van der Waals surface area contributed by atoms with E-state index in [-0.39, 0.29) is 11.5 Å². The number of piperidine rings is 1. The molecular formula is C7H12INO3S. The molecule has 4 nitrogen and oxygen atoms in total. The lowest BCUT2D eigenvalue weighted by atomic mass is 10.1. The van der Waals surface area contributed by atoms with Crippen molar-refractivity contribution in [3.8, 4) is 0 Å². The Balaban J connectivity index is 2.27. The van der Waals surface area contributed by atoms with E-state index in [1.807, 2.05) is 4.90 Å². The zero-order valence-corrected chi connectivity index (χ0v) is 10.2. The Morgan fingerprint density at radius 2 is 1.85 bits per heavy atom. The highest BCUT2D eigenvalue weighted by Gasteiger charge is 2.17. The lowest BCUT2D eigenvalue weighted by molar-refractivity contribution is -0.121. The molecule has 6 heteroatoms. The summed E-state index contributed by atoms with van der Waals surface area (Å²) in [5.41, 5.74) is 0. The molecule has 0 spiro atoms.